The van der Waals surface area contributed by atoms with Crippen LogP contribution in [0.4, 0.5) is 0 Å². The molecule has 1 heterocycles. The van der Waals surface area contributed by atoms with Crippen molar-refractivity contribution in [2.75, 3.05) is 33.4 Å². The van der Waals surface area contributed by atoms with E-state index in [1.165, 1.54) is 13.2 Å². The molecule has 1 fully saturated rings. The number of nitrogens with two attached hydrogens (primary N) is 1. The van der Waals surface area contributed by atoms with Gasteiger partial charge in [-0.2, -0.15) is 10.5 Å². The van der Waals surface area contributed by atoms with Crippen molar-refractivity contribution < 1.29 is 19.9 Å². The van der Waals surface area contributed by atoms with E-state index in [-0.39, 0.29) is 17.1 Å². The largest absolute Gasteiger partial charge is 0.869 e. The second kappa shape index (κ2) is 10.0. The van der Waals surface area contributed by atoms with Crippen molar-refractivity contribution in [1.82, 2.24) is 0 Å². The summed E-state index contributed by atoms with van der Waals surface area (Å²) in [5.74, 6) is -0.0536. The third kappa shape index (κ3) is 5.53. The van der Waals surface area contributed by atoms with Crippen LogP contribution in [0.5, 0.6) is 11.5 Å². The van der Waals surface area contributed by atoms with Gasteiger partial charge in [-0.3, -0.25) is 0 Å². The summed E-state index contributed by atoms with van der Waals surface area (Å²) in [5, 5.41) is 31.1. The third-order valence-electron chi connectivity index (χ3n) is 2.80. The van der Waals surface area contributed by atoms with Crippen LogP contribution in [-0.4, -0.2) is 33.4 Å². The minimum atomic E-state index is -0.221. The van der Waals surface area contributed by atoms with Gasteiger partial charge in [0.1, 0.15) is 11.8 Å². The molecule has 0 atom stereocenters. The first-order valence-electron chi connectivity index (χ1n) is 6.58. The highest BCUT2D eigenvalue weighted by atomic mass is 127. The number of methoxy groups -OCH3 is 1. The van der Waals surface area contributed by atoms with Gasteiger partial charge in [0.05, 0.1) is 45.1 Å². The lowest BCUT2D eigenvalue weighted by Gasteiger charge is -2.15. The van der Waals surface area contributed by atoms with Gasteiger partial charge in [0.25, 0.3) is 0 Å². The summed E-state index contributed by atoms with van der Waals surface area (Å²) in [7, 11) is 1.39. The maximum absolute atomic E-state index is 11.5. The van der Waals surface area contributed by atoms with Crippen LogP contribution >= 0.6 is 22.6 Å². The fraction of sp³-hybridized carbons (Fsp3) is 0.333. The lowest BCUT2D eigenvalue weighted by Crippen LogP contribution is -2.87. The van der Waals surface area contributed by atoms with Gasteiger partial charge in [0.2, 0.25) is 0 Å². The van der Waals surface area contributed by atoms with E-state index < -0.39 is 0 Å². The van der Waals surface area contributed by atoms with Crippen molar-refractivity contribution in [2.24, 2.45) is 0 Å². The van der Waals surface area contributed by atoms with Crippen molar-refractivity contribution >= 4 is 28.2 Å². The number of allylic oxidation sites excluding steroid dienone is 2. The first-order valence-corrected chi connectivity index (χ1v) is 7.66. The van der Waals surface area contributed by atoms with E-state index >= 15 is 0 Å². The second-order valence-corrected chi connectivity index (χ2v) is 5.43. The standard InChI is InChI=1S/C11H7IN2O2.C4H9NO/c1-16-10-5-8(4-9(12)11(10)15)7(6-14)2-3-13;1-3-6-4-2-5-1/h2,4-5,15H,1H3;5H,1-4H2/b7-2+;. The zero-order valence-electron chi connectivity index (χ0n) is 12.1. The molecular weight excluding hydrogens is 397 g/mol. The fourth-order valence-corrected chi connectivity index (χ4v) is 2.30. The van der Waals surface area contributed by atoms with E-state index in [1.807, 2.05) is 28.7 Å². The first kappa shape index (κ1) is 18.2. The van der Waals surface area contributed by atoms with E-state index in [2.05, 4.69) is 5.32 Å². The number of nitrogens with zero attached hydrogens (tertiary/aromatic N) is 2. The molecule has 0 radical (unpaired) electrons. The smallest absolute Gasteiger partial charge is 0.112 e. The fourth-order valence-electron chi connectivity index (χ4n) is 1.70. The number of halogens is 1. The Hall–Kier alpha value is -1.81. The van der Waals surface area contributed by atoms with Crippen LogP contribution in [0.25, 0.3) is 5.57 Å². The SMILES string of the molecule is C1COCC[NH2+]1.COc1cc(/C(C#N)=C/C#N)cc(I)c1[O-]. The Balaban J connectivity index is 0.000000335. The lowest BCUT2D eigenvalue weighted by molar-refractivity contribution is -0.670. The molecule has 1 saturated heterocycles. The Morgan fingerprint density at radius 3 is 2.50 bits per heavy atom. The zero-order chi connectivity index (χ0) is 16.4. The average molecular weight is 413 g/mol. The second-order valence-electron chi connectivity index (χ2n) is 4.27. The van der Waals surface area contributed by atoms with Gasteiger partial charge in [0, 0.05) is 9.65 Å². The lowest BCUT2D eigenvalue weighted by atomic mass is 10.1. The number of rotatable bonds is 2. The Kier molecular flexibility index (Phi) is 8.30. The molecule has 22 heavy (non-hydrogen) atoms. The van der Waals surface area contributed by atoms with Gasteiger partial charge in [-0.15, -0.1) is 0 Å². The summed E-state index contributed by atoms with van der Waals surface area (Å²) in [6, 6.07) is 6.69. The Morgan fingerprint density at radius 1 is 1.41 bits per heavy atom. The van der Waals surface area contributed by atoms with Gasteiger partial charge in [-0.25, -0.2) is 0 Å². The Morgan fingerprint density at radius 2 is 2.09 bits per heavy atom. The van der Waals surface area contributed by atoms with Crippen molar-refractivity contribution in [3.63, 3.8) is 0 Å². The molecule has 0 bridgehead atoms. The highest BCUT2D eigenvalue weighted by Gasteiger charge is 2.06. The molecule has 116 valence electrons. The molecule has 0 amide bonds. The summed E-state index contributed by atoms with van der Waals surface area (Å²) in [6.07, 6.45) is 1.13. The van der Waals surface area contributed by atoms with Crippen molar-refractivity contribution in [2.45, 2.75) is 0 Å². The Labute approximate surface area is 143 Å². The monoisotopic (exact) mass is 413 g/mol. The van der Waals surface area contributed by atoms with Gasteiger partial charge in [-0.1, -0.05) is 5.75 Å². The summed E-state index contributed by atoms with van der Waals surface area (Å²) >= 11 is 1.86. The van der Waals surface area contributed by atoms with Crippen LogP contribution < -0.4 is 15.2 Å². The van der Waals surface area contributed by atoms with Crippen LogP contribution in [0.15, 0.2) is 18.2 Å². The molecule has 2 N–H and O–H groups in total. The van der Waals surface area contributed by atoms with Gasteiger partial charge in [0.15, 0.2) is 0 Å². The van der Waals surface area contributed by atoms with Gasteiger partial charge >= 0.3 is 0 Å². The molecule has 0 spiro atoms. The van der Waals surface area contributed by atoms with Crippen LogP contribution in [-0.2, 0) is 4.74 Å². The molecule has 0 unspecified atom stereocenters. The molecule has 0 aromatic heterocycles. The number of benzene rings is 1. The first-order chi connectivity index (χ1) is 10.6. The molecule has 6 nitrogen and oxygen atoms in total. The highest BCUT2D eigenvalue weighted by Crippen LogP contribution is 2.32. The number of hydrogen-bond acceptors (Lipinski definition) is 5. The minimum absolute atomic E-state index is 0.168. The van der Waals surface area contributed by atoms with E-state index in [4.69, 9.17) is 20.0 Å². The van der Waals surface area contributed by atoms with Crippen LogP contribution in [0.2, 0.25) is 0 Å². The van der Waals surface area contributed by atoms with Gasteiger partial charge in [-0.05, 0) is 40.3 Å². The maximum atomic E-state index is 11.5. The van der Waals surface area contributed by atoms with Crippen molar-refractivity contribution in [3.05, 3.63) is 27.3 Å². The predicted octanol–water partition coefficient (Wildman–Crippen LogP) is 0.384. The summed E-state index contributed by atoms with van der Waals surface area (Å²) in [4.78, 5) is 0. The summed E-state index contributed by atoms with van der Waals surface area (Å²) < 4.78 is 10.4. The Bertz CT molecular complexity index is 602. The molecule has 1 aliphatic rings. The molecule has 7 heteroatoms. The number of morpholine rings is 1. The number of hydrogen-bond donors (Lipinski definition) is 1. The van der Waals surface area contributed by atoms with Gasteiger partial charge < -0.3 is 19.9 Å². The van der Waals surface area contributed by atoms with Crippen LogP contribution in [0.3, 0.4) is 0 Å². The quantitative estimate of drug-likeness (QED) is 0.558. The molecule has 0 saturated carbocycles. The number of quaternary nitrogens is 1. The van der Waals surface area contributed by atoms with Crippen molar-refractivity contribution in [1.29, 1.82) is 10.5 Å². The van der Waals surface area contributed by atoms with Crippen molar-refractivity contribution in [3.8, 4) is 23.6 Å². The maximum Gasteiger partial charge on any atom is 0.112 e. The normalized spacial score (nSPS) is 14.1. The van der Waals surface area contributed by atoms with E-state index in [1.54, 1.807) is 12.1 Å². The number of ether oxygens (including phenoxy) is 2. The topological polar surface area (TPSA) is 106 Å². The van der Waals surface area contributed by atoms with E-state index in [9.17, 15) is 5.11 Å². The molecule has 1 aromatic carbocycles. The molecular formula is C15H16IN3O3. The predicted molar refractivity (Wildman–Crippen MR) is 86.8 cm³/mol. The summed E-state index contributed by atoms with van der Waals surface area (Å²) in [6.45, 7) is 4.19. The van der Waals surface area contributed by atoms with E-state index in [0.717, 1.165) is 32.4 Å². The molecule has 1 aromatic rings. The average Bonchev–Trinajstić information content (AvgIpc) is 2.57. The number of nitriles is 2. The third-order valence-corrected chi connectivity index (χ3v) is 3.60. The zero-order valence-corrected chi connectivity index (χ0v) is 14.3. The molecule has 1 aliphatic heterocycles. The molecule has 2 rings (SSSR count). The van der Waals surface area contributed by atoms with Crippen LogP contribution in [0, 0.1) is 26.2 Å². The minimum Gasteiger partial charge on any atom is -0.869 e. The highest BCUT2D eigenvalue weighted by molar-refractivity contribution is 14.1. The summed E-state index contributed by atoms with van der Waals surface area (Å²) in [5.41, 5.74) is 0.712. The molecule has 0 aliphatic carbocycles. The van der Waals surface area contributed by atoms with Crippen LogP contribution in [0.1, 0.15) is 5.56 Å². The van der Waals surface area contributed by atoms with E-state index in [0.29, 0.717) is 9.13 Å².